The maximum absolute atomic E-state index is 12.1. The van der Waals surface area contributed by atoms with Crippen LogP contribution in [0.1, 0.15) is 27.0 Å². The van der Waals surface area contributed by atoms with Crippen molar-refractivity contribution in [2.75, 3.05) is 0 Å². The molecule has 2 rings (SSSR count). The maximum atomic E-state index is 12.1. The second kappa shape index (κ2) is 3.73. The van der Waals surface area contributed by atoms with Crippen molar-refractivity contribution >= 4 is 5.78 Å². The standard InChI is InChI=1S/C13H13NO/c1-9-4-3-5-12(10(9)2)13(15)11-6-7-14-8-11/h3-8,14H,1-2H3. The van der Waals surface area contributed by atoms with Gasteiger partial charge in [0.2, 0.25) is 0 Å². The highest BCUT2D eigenvalue weighted by atomic mass is 16.1. The van der Waals surface area contributed by atoms with Crippen molar-refractivity contribution < 1.29 is 4.79 Å². The molecule has 1 heterocycles. The Hall–Kier alpha value is -1.83. The topological polar surface area (TPSA) is 32.9 Å². The molecule has 0 aliphatic heterocycles. The predicted octanol–water partition coefficient (Wildman–Crippen LogP) is 2.86. The van der Waals surface area contributed by atoms with Gasteiger partial charge >= 0.3 is 0 Å². The van der Waals surface area contributed by atoms with Crippen LogP contribution in [0, 0.1) is 13.8 Å². The first-order valence-corrected chi connectivity index (χ1v) is 4.94. The van der Waals surface area contributed by atoms with E-state index in [4.69, 9.17) is 0 Å². The lowest BCUT2D eigenvalue weighted by Crippen LogP contribution is -2.03. The van der Waals surface area contributed by atoms with Crippen molar-refractivity contribution in [2.24, 2.45) is 0 Å². The Bertz CT molecular complexity index is 483. The Morgan fingerprint density at radius 2 is 2.00 bits per heavy atom. The summed E-state index contributed by atoms with van der Waals surface area (Å²) >= 11 is 0. The molecule has 0 spiro atoms. The van der Waals surface area contributed by atoms with E-state index in [0.717, 1.165) is 16.7 Å². The number of H-pyrrole nitrogens is 1. The zero-order chi connectivity index (χ0) is 10.8. The SMILES string of the molecule is Cc1cccc(C(=O)c2cc[nH]c2)c1C. The molecule has 0 atom stereocenters. The predicted molar refractivity (Wildman–Crippen MR) is 60.1 cm³/mol. The molecule has 0 saturated carbocycles. The molecule has 0 radical (unpaired) electrons. The molecule has 15 heavy (non-hydrogen) atoms. The van der Waals surface area contributed by atoms with Crippen LogP contribution in [-0.2, 0) is 0 Å². The summed E-state index contributed by atoms with van der Waals surface area (Å²) in [5, 5.41) is 0. The van der Waals surface area contributed by atoms with Crippen molar-refractivity contribution in [1.82, 2.24) is 4.98 Å². The minimum Gasteiger partial charge on any atom is -0.367 e. The fourth-order valence-electron chi connectivity index (χ4n) is 1.62. The summed E-state index contributed by atoms with van der Waals surface area (Å²) in [6, 6.07) is 7.60. The summed E-state index contributed by atoms with van der Waals surface area (Å²) in [4.78, 5) is 15.0. The average Bonchev–Trinajstić information content (AvgIpc) is 2.74. The summed E-state index contributed by atoms with van der Waals surface area (Å²) < 4.78 is 0. The lowest BCUT2D eigenvalue weighted by atomic mass is 9.97. The van der Waals surface area contributed by atoms with E-state index >= 15 is 0 Å². The summed E-state index contributed by atoms with van der Waals surface area (Å²) in [7, 11) is 0. The van der Waals surface area contributed by atoms with Gasteiger partial charge in [0.25, 0.3) is 0 Å². The molecular formula is C13H13NO. The number of benzene rings is 1. The number of hydrogen-bond acceptors (Lipinski definition) is 1. The third kappa shape index (κ3) is 1.71. The average molecular weight is 199 g/mol. The van der Waals surface area contributed by atoms with Crippen molar-refractivity contribution in [1.29, 1.82) is 0 Å². The lowest BCUT2D eigenvalue weighted by Gasteiger charge is -2.05. The van der Waals surface area contributed by atoms with E-state index in [1.54, 1.807) is 18.5 Å². The van der Waals surface area contributed by atoms with E-state index in [9.17, 15) is 4.79 Å². The monoisotopic (exact) mass is 199 g/mol. The first-order chi connectivity index (χ1) is 7.20. The first kappa shape index (κ1) is 9.71. The number of rotatable bonds is 2. The Morgan fingerprint density at radius 1 is 1.20 bits per heavy atom. The third-order valence-electron chi connectivity index (χ3n) is 2.71. The van der Waals surface area contributed by atoms with Crippen LogP contribution in [0.5, 0.6) is 0 Å². The fourth-order valence-corrected chi connectivity index (χ4v) is 1.62. The second-order valence-electron chi connectivity index (χ2n) is 3.68. The van der Waals surface area contributed by atoms with Crippen LogP contribution in [0.2, 0.25) is 0 Å². The number of aromatic nitrogens is 1. The molecule has 76 valence electrons. The van der Waals surface area contributed by atoms with Gasteiger partial charge in [0.1, 0.15) is 0 Å². The Labute approximate surface area is 89.0 Å². The van der Waals surface area contributed by atoms with E-state index < -0.39 is 0 Å². The Kier molecular flexibility index (Phi) is 2.42. The minimum atomic E-state index is 0.0810. The molecule has 0 bridgehead atoms. The first-order valence-electron chi connectivity index (χ1n) is 4.94. The van der Waals surface area contributed by atoms with Gasteiger partial charge in [-0.15, -0.1) is 0 Å². The maximum Gasteiger partial charge on any atom is 0.194 e. The summed E-state index contributed by atoms with van der Waals surface area (Å²) in [5.41, 5.74) is 3.71. The molecule has 0 aliphatic rings. The molecule has 0 unspecified atom stereocenters. The third-order valence-corrected chi connectivity index (χ3v) is 2.71. The Balaban J connectivity index is 2.47. The van der Waals surface area contributed by atoms with Crippen molar-refractivity contribution in [2.45, 2.75) is 13.8 Å². The summed E-state index contributed by atoms with van der Waals surface area (Å²) in [6.07, 6.45) is 3.49. The minimum absolute atomic E-state index is 0.0810. The van der Waals surface area contributed by atoms with Gasteiger partial charge in [-0.25, -0.2) is 0 Å². The van der Waals surface area contributed by atoms with Gasteiger partial charge in [-0.3, -0.25) is 4.79 Å². The van der Waals surface area contributed by atoms with E-state index in [-0.39, 0.29) is 5.78 Å². The molecule has 0 saturated heterocycles. The van der Waals surface area contributed by atoms with Crippen LogP contribution in [0.25, 0.3) is 0 Å². The molecule has 1 aromatic carbocycles. The fraction of sp³-hybridized carbons (Fsp3) is 0.154. The highest BCUT2D eigenvalue weighted by Gasteiger charge is 2.12. The van der Waals surface area contributed by atoms with Gasteiger partial charge < -0.3 is 4.98 Å². The van der Waals surface area contributed by atoms with E-state index in [0.29, 0.717) is 5.56 Å². The second-order valence-corrected chi connectivity index (χ2v) is 3.68. The number of aromatic amines is 1. The molecule has 0 aliphatic carbocycles. The van der Waals surface area contributed by atoms with Crippen LogP contribution in [0.3, 0.4) is 0 Å². The Morgan fingerprint density at radius 3 is 2.67 bits per heavy atom. The normalized spacial score (nSPS) is 10.3. The van der Waals surface area contributed by atoms with Crippen LogP contribution < -0.4 is 0 Å². The number of ketones is 1. The van der Waals surface area contributed by atoms with Crippen LogP contribution in [0.4, 0.5) is 0 Å². The van der Waals surface area contributed by atoms with E-state index in [1.807, 2.05) is 32.0 Å². The molecule has 0 amide bonds. The van der Waals surface area contributed by atoms with Gasteiger partial charge in [-0.1, -0.05) is 18.2 Å². The molecule has 1 aromatic heterocycles. The molecule has 2 aromatic rings. The quantitative estimate of drug-likeness (QED) is 0.741. The van der Waals surface area contributed by atoms with Crippen LogP contribution in [0.15, 0.2) is 36.7 Å². The molecule has 2 nitrogen and oxygen atoms in total. The van der Waals surface area contributed by atoms with Gasteiger partial charge in [0, 0.05) is 23.5 Å². The van der Waals surface area contributed by atoms with E-state index in [2.05, 4.69) is 4.98 Å². The van der Waals surface area contributed by atoms with Gasteiger partial charge in [0.15, 0.2) is 5.78 Å². The summed E-state index contributed by atoms with van der Waals surface area (Å²) in [5.74, 6) is 0.0810. The van der Waals surface area contributed by atoms with Crippen molar-refractivity contribution in [3.63, 3.8) is 0 Å². The molecule has 0 fully saturated rings. The number of hydrogen-bond donors (Lipinski definition) is 1. The van der Waals surface area contributed by atoms with Gasteiger partial charge in [0.05, 0.1) is 0 Å². The zero-order valence-electron chi connectivity index (χ0n) is 8.87. The highest BCUT2D eigenvalue weighted by Crippen LogP contribution is 2.16. The molecule has 2 heteroatoms. The molecular weight excluding hydrogens is 186 g/mol. The number of nitrogens with one attached hydrogen (secondary N) is 1. The number of carbonyl (C=O) groups is 1. The summed E-state index contributed by atoms with van der Waals surface area (Å²) in [6.45, 7) is 4.00. The van der Waals surface area contributed by atoms with Gasteiger partial charge in [-0.05, 0) is 31.0 Å². The van der Waals surface area contributed by atoms with E-state index in [1.165, 1.54) is 0 Å². The van der Waals surface area contributed by atoms with Gasteiger partial charge in [-0.2, -0.15) is 0 Å². The van der Waals surface area contributed by atoms with Crippen molar-refractivity contribution in [3.05, 3.63) is 58.9 Å². The zero-order valence-corrected chi connectivity index (χ0v) is 8.87. The van der Waals surface area contributed by atoms with Crippen LogP contribution >= 0.6 is 0 Å². The molecule has 1 N–H and O–H groups in total. The highest BCUT2D eigenvalue weighted by molar-refractivity contribution is 6.09. The van der Waals surface area contributed by atoms with Crippen LogP contribution in [-0.4, -0.2) is 10.8 Å². The lowest BCUT2D eigenvalue weighted by molar-refractivity contribution is 0.103. The van der Waals surface area contributed by atoms with Crippen molar-refractivity contribution in [3.8, 4) is 0 Å². The number of aryl methyl sites for hydroxylation is 1. The largest absolute Gasteiger partial charge is 0.367 e. The smallest absolute Gasteiger partial charge is 0.194 e. The number of carbonyl (C=O) groups excluding carboxylic acids is 1.